The van der Waals surface area contributed by atoms with E-state index in [0.29, 0.717) is 0 Å². The van der Waals surface area contributed by atoms with E-state index in [4.69, 9.17) is 0 Å². The highest BCUT2D eigenvalue weighted by atomic mass is 14.0. The molecule has 0 saturated carbocycles. The predicted molar refractivity (Wildman–Crippen MR) is 68.6 cm³/mol. The molecule has 2 aromatic carbocycles. The molecule has 0 nitrogen and oxygen atoms in total. The lowest BCUT2D eigenvalue weighted by Gasteiger charge is -2.06. The monoisotopic (exact) mass is 203 g/mol. The van der Waals surface area contributed by atoms with Crippen LogP contribution in [0.2, 0.25) is 0 Å². The van der Waals surface area contributed by atoms with Gasteiger partial charge < -0.3 is 0 Å². The van der Waals surface area contributed by atoms with Gasteiger partial charge in [0.25, 0.3) is 0 Å². The fourth-order valence-electron chi connectivity index (χ4n) is 1.90. The molecule has 0 N–H and O–H groups in total. The molecular formula is C16H11. The quantitative estimate of drug-likeness (QED) is 0.517. The van der Waals surface area contributed by atoms with Gasteiger partial charge in [-0.3, -0.25) is 0 Å². The molecule has 0 heterocycles. The molecular weight excluding hydrogens is 192 g/mol. The third-order valence-electron chi connectivity index (χ3n) is 2.78. The lowest BCUT2D eigenvalue weighted by atomic mass is 9.99. The van der Waals surface area contributed by atoms with Crippen molar-refractivity contribution in [3.8, 4) is 0 Å². The van der Waals surface area contributed by atoms with E-state index < -0.39 is 0 Å². The molecule has 75 valence electrons. The second kappa shape index (κ2) is 3.82. The number of rotatable bonds is 0. The van der Waals surface area contributed by atoms with Gasteiger partial charge in [0.15, 0.2) is 0 Å². The van der Waals surface area contributed by atoms with E-state index in [2.05, 4.69) is 66.8 Å². The Labute approximate surface area is 95.6 Å². The second-order valence-corrected chi connectivity index (χ2v) is 3.84. The first-order valence-corrected chi connectivity index (χ1v) is 5.39. The lowest BCUT2D eigenvalue weighted by Crippen LogP contribution is -1.86. The molecule has 0 heteroatoms. The van der Waals surface area contributed by atoms with Crippen LogP contribution in [0.15, 0.2) is 48.5 Å². The molecule has 0 unspecified atom stereocenters. The van der Waals surface area contributed by atoms with E-state index in [1.807, 2.05) is 6.07 Å². The van der Waals surface area contributed by atoms with Crippen molar-refractivity contribution >= 4 is 18.2 Å². The maximum atomic E-state index is 3.35. The minimum atomic E-state index is 1.15. The van der Waals surface area contributed by atoms with Crippen LogP contribution in [0.4, 0.5) is 0 Å². The normalized spacial score (nSPS) is 16.5. The number of fused-ring (bicyclic) bond motifs is 2. The first-order chi connectivity index (χ1) is 7.93. The molecule has 0 aliphatic heterocycles. The molecule has 0 spiro atoms. The van der Waals surface area contributed by atoms with Crippen molar-refractivity contribution in [1.29, 1.82) is 0 Å². The Balaban J connectivity index is 2.18. The molecule has 1 radical (unpaired) electrons. The van der Waals surface area contributed by atoms with Gasteiger partial charge in [-0.2, -0.15) is 0 Å². The SMILES string of the molecule is [C]1=C\c2ccccc2/C=C\c2ccccc2/1. The summed E-state index contributed by atoms with van der Waals surface area (Å²) in [4.78, 5) is 0. The van der Waals surface area contributed by atoms with Crippen molar-refractivity contribution in [2.75, 3.05) is 0 Å². The zero-order valence-corrected chi connectivity index (χ0v) is 8.85. The standard InChI is InChI=1S/C16H11/c1-2-6-14-11-12-16-8-4-3-7-15(16)10-9-13(14)5-1/h1-11H/b10-9-,12-11?,13-9?,14-11?,15-10?,16-12?. The predicted octanol–water partition coefficient (Wildman–Crippen LogP) is 4.04. The molecule has 1 aliphatic rings. The molecule has 3 rings (SSSR count). The average molecular weight is 203 g/mol. The summed E-state index contributed by atoms with van der Waals surface area (Å²) in [6, 6.07) is 16.6. The Morgan fingerprint density at radius 1 is 0.625 bits per heavy atom. The highest BCUT2D eigenvalue weighted by Crippen LogP contribution is 2.20. The second-order valence-electron chi connectivity index (χ2n) is 3.84. The smallest absolute Gasteiger partial charge is 0.00928 e. The summed E-state index contributed by atoms with van der Waals surface area (Å²) in [6.07, 6.45) is 9.70. The highest BCUT2D eigenvalue weighted by molar-refractivity contribution is 5.78. The van der Waals surface area contributed by atoms with Crippen molar-refractivity contribution in [3.63, 3.8) is 0 Å². The molecule has 0 aromatic heterocycles. The Kier molecular flexibility index (Phi) is 2.19. The van der Waals surface area contributed by atoms with E-state index in [0.717, 1.165) is 5.56 Å². The van der Waals surface area contributed by atoms with Gasteiger partial charge in [0, 0.05) is 0 Å². The fourth-order valence-corrected chi connectivity index (χ4v) is 1.90. The van der Waals surface area contributed by atoms with E-state index in [-0.39, 0.29) is 0 Å². The summed E-state index contributed by atoms with van der Waals surface area (Å²) in [5.74, 6) is 0. The van der Waals surface area contributed by atoms with Gasteiger partial charge in [0.1, 0.15) is 0 Å². The van der Waals surface area contributed by atoms with Crippen molar-refractivity contribution in [2.45, 2.75) is 0 Å². The maximum absolute atomic E-state index is 3.35. The molecule has 1 aliphatic carbocycles. The number of hydrogen-bond acceptors (Lipinski definition) is 0. The molecule has 0 saturated heterocycles. The van der Waals surface area contributed by atoms with Crippen LogP contribution in [0.1, 0.15) is 22.3 Å². The molecule has 16 heavy (non-hydrogen) atoms. The van der Waals surface area contributed by atoms with E-state index >= 15 is 0 Å². The lowest BCUT2D eigenvalue weighted by molar-refractivity contribution is 1.52. The minimum absolute atomic E-state index is 1.15. The Bertz CT molecular complexity index is 471. The molecule has 0 atom stereocenters. The highest BCUT2D eigenvalue weighted by Gasteiger charge is 2.01. The van der Waals surface area contributed by atoms with Crippen LogP contribution in [0.25, 0.3) is 18.2 Å². The topological polar surface area (TPSA) is 0 Å². The number of benzene rings is 2. The van der Waals surface area contributed by atoms with E-state index in [9.17, 15) is 0 Å². The zero-order valence-electron chi connectivity index (χ0n) is 8.85. The Hall–Kier alpha value is -2.08. The van der Waals surface area contributed by atoms with Crippen LogP contribution in [0.5, 0.6) is 0 Å². The summed E-state index contributed by atoms with van der Waals surface area (Å²) in [5.41, 5.74) is 4.82. The fraction of sp³-hybridized carbons (Fsp3) is 0. The summed E-state index contributed by atoms with van der Waals surface area (Å²) in [5, 5.41) is 0. The first kappa shape index (κ1) is 9.17. The van der Waals surface area contributed by atoms with Gasteiger partial charge in [-0.15, -0.1) is 0 Å². The van der Waals surface area contributed by atoms with Crippen molar-refractivity contribution in [3.05, 3.63) is 76.9 Å². The molecule has 0 bridgehead atoms. The number of hydrogen-bond donors (Lipinski definition) is 0. The molecule has 0 fully saturated rings. The average Bonchev–Trinajstić information content (AvgIpc) is 2.32. The van der Waals surface area contributed by atoms with Crippen LogP contribution in [0.3, 0.4) is 0 Å². The zero-order chi connectivity index (χ0) is 10.8. The molecule has 2 aromatic rings. The van der Waals surface area contributed by atoms with Crippen molar-refractivity contribution < 1.29 is 0 Å². The summed E-state index contributed by atoms with van der Waals surface area (Å²) < 4.78 is 0. The summed E-state index contributed by atoms with van der Waals surface area (Å²) in [6.45, 7) is 0. The van der Waals surface area contributed by atoms with Gasteiger partial charge in [-0.25, -0.2) is 0 Å². The minimum Gasteiger partial charge on any atom is -0.0616 e. The Morgan fingerprint density at radius 3 is 2.12 bits per heavy atom. The maximum Gasteiger partial charge on any atom is -0.00928 e. The van der Waals surface area contributed by atoms with Crippen LogP contribution in [-0.2, 0) is 0 Å². The summed E-state index contributed by atoms with van der Waals surface area (Å²) >= 11 is 0. The van der Waals surface area contributed by atoms with Gasteiger partial charge in [0.2, 0.25) is 0 Å². The van der Waals surface area contributed by atoms with Crippen molar-refractivity contribution in [2.24, 2.45) is 0 Å². The van der Waals surface area contributed by atoms with E-state index in [1.165, 1.54) is 16.7 Å². The van der Waals surface area contributed by atoms with Crippen LogP contribution >= 0.6 is 0 Å². The first-order valence-electron chi connectivity index (χ1n) is 5.39. The van der Waals surface area contributed by atoms with Gasteiger partial charge in [0.05, 0.1) is 0 Å². The summed E-state index contributed by atoms with van der Waals surface area (Å²) in [7, 11) is 0. The third-order valence-corrected chi connectivity index (χ3v) is 2.78. The van der Waals surface area contributed by atoms with Crippen LogP contribution in [-0.4, -0.2) is 0 Å². The Morgan fingerprint density at radius 2 is 1.25 bits per heavy atom. The van der Waals surface area contributed by atoms with E-state index in [1.54, 1.807) is 0 Å². The third kappa shape index (κ3) is 1.59. The largest absolute Gasteiger partial charge is 0.0616 e. The van der Waals surface area contributed by atoms with Gasteiger partial charge in [-0.05, 0) is 34.4 Å². The van der Waals surface area contributed by atoms with Crippen LogP contribution in [0, 0.1) is 6.08 Å². The van der Waals surface area contributed by atoms with Gasteiger partial charge >= 0.3 is 0 Å². The van der Waals surface area contributed by atoms with Crippen molar-refractivity contribution in [1.82, 2.24) is 0 Å². The molecule has 0 amide bonds. The van der Waals surface area contributed by atoms with Crippen LogP contribution < -0.4 is 0 Å². The van der Waals surface area contributed by atoms with Gasteiger partial charge in [-0.1, -0.05) is 60.7 Å².